The molecule has 10 heteroatoms. The average Bonchev–Trinajstić information content (AvgIpc) is 2.68. The van der Waals surface area contributed by atoms with Gasteiger partial charge in [-0.15, -0.1) is 24.9 Å². The van der Waals surface area contributed by atoms with E-state index in [0.717, 1.165) is 17.7 Å². The van der Waals surface area contributed by atoms with E-state index < -0.39 is 29.2 Å². The van der Waals surface area contributed by atoms with Gasteiger partial charge in [0.1, 0.15) is 5.75 Å². The van der Waals surface area contributed by atoms with Crippen LogP contribution in [0.1, 0.15) is 29.9 Å². The van der Waals surface area contributed by atoms with Gasteiger partial charge < -0.3 is 9.84 Å². The zero-order chi connectivity index (χ0) is 22.1. The maximum absolute atomic E-state index is 12.9. The van der Waals surface area contributed by atoms with Gasteiger partial charge in [-0.25, -0.2) is 9.48 Å². The highest BCUT2D eigenvalue weighted by Gasteiger charge is 2.31. The minimum atomic E-state index is -4.83. The van der Waals surface area contributed by atoms with Gasteiger partial charge in [-0.2, -0.15) is 5.10 Å². The van der Waals surface area contributed by atoms with E-state index in [1.54, 1.807) is 6.07 Å². The Morgan fingerprint density at radius 1 is 1.17 bits per heavy atom. The summed E-state index contributed by atoms with van der Waals surface area (Å²) in [5, 5.41) is 13.7. The van der Waals surface area contributed by atoms with E-state index in [1.807, 2.05) is 19.9 Å². The fourth-order valence-corrected chi connectivity index (χ4v) is 4.07. The number of carboxylic acid groups (broad SMARTS) is 1. The van der Waals surface area contributed by atoms with Gasteiger partial charge in [-0.1, -0.05) is 19.9 Å². The molecule has 0 amide bonds. The van der Waals surface area contributed by atoms with Gasteiger partial charge in [0.25, 0.3) is 0 Å². The van der Waals surface area contributed by atoms with E-state index in [1.165, 1.54) is 28.6 Å². The first-order valence-corrected chi connectivity index (χ1v) is 9.96. The molecule has 6 nitrogen and oxygen atoms in total. The molecule has 1 N–H and O–H groups in total. The van der Waals surface area contributed by atoms with Crippen LogP contribution in [0.3, 0.4) is 0 Å². The van der Waals surface area contributed by atoms with Crippen LogP contribution in [0.4, 0.5) is 13.2 Å². The van der Waals surface area contributed by atoms with E-state index in [0.29, 0.717) is 22.6 Å². The summed E-state index contributed by atoms with van der Waals surface area (Å²) in [5.41, 5.74) is 0.187. The van der Waals surface area contributed by atoms with Crippen molar-refractivity contribution in [1.82, 2.24) is 9.78 Å². The largest absolute Gasteiger partial charge is 0.573 e. The summed E-state index contributed by atoms with van der Waals surface area (Å²) in [6, 6.07) is 8.30. The van der Waals surface area contributed by atoms with Crippen LogP contribution in [-0.4, -0.2) is 33.0 Å². The van der Waals surface area contributed by atoms with Crippen molar-refractivity contribution in [3.8, 4) is 11.4 Å². The maximum atomic E-state index is 12.9. The van der Waals surface area contributed by atoms with Crippen molar-refractivity contribution in [2.24, 2.45) is 0 Å². The minimum absolute atomic E-state index is 0.226. The Bertz CT molecular complexity index is 1160. The SMILES string of the molecule is CCSc1c(CC)ccc2c1c(=O)c(C(=O)O)nn2-c1ccc(OC(F)(F)F)cc1. The quantitative estimate of drug-likeness (QED) is 0.564. The summed E-state index contributed by atoms with van der Waals surface area (Å²) in [6.07, 6.45) is -4.19. The third-order valence-corrected chi connectivity index (χ3v) is 5.32. The molecule has 0 aliphatic heterocycles. The van der Waals surface area contributed by atoms with Crippen LogP contribution in [0.25, 0.3) is 16.6 Å². The predicted octanol–water partition coefficient (Wildman–Crippen LogP) is 4.66. The van der Waals surface area contributed by atoms with E-state index in [-0.39, 0.29) is 11.1 Å². The Kier molecular flexibility index (Phi) is 6.06. The number of rotatable bonds is 6. The van der Waals surface area contributed by atoms with Crippen molar-refractivity contribution in [3.05, 3.63) is 57.9 Å². The second-order valence-corrected chi connectivity index (χ2v) is 7.45. The van der Waals surface area contributed by atoms with Gasteiger partial charge in [-0.3, -0.25) is 4.79 Å². The molecule has 0 spiro atoms. The third-order valence-electron chi connectivity index (χ3n) is 4.27. The number of aromatic carboxylic acids is 1. The molecule has 0 atom stereocenters. The van der Waals surface area contributed by atoms with Gasteiger partial charge in [0.15, 0.2) is 0 Å². The van der Waals surface area contributed by atoms with Crippen molar-refractivity contribution in [3.63, 3.8) is 0 Å². The molecule has 3 rings (SSSR count). The zero-order valence-electron chi connectivity index (χ0n) is 16.0. The van der Waals surface area contributed by atoms with Crippen molar-refractivity contribution in [2.75, 3.05) is 5.75 Å². The summed E-state index contributed by atoms with van der Waals surface area (Å²) in [5.74, 6) is -1.24. The van der Waals surface area contributed by atoms with Gasteiger partial charge in [0.2, 0.25) is 11.1 Å². The van der Waals surface area contributed by atoms with E-state index in [4.69, 9.17) is 0 Å². The molecule has 3 aromatic rings. The second kappa shape index (κ2) is 8.39. The summed E-state index contributed by atoms with van der Waals surface area (Å²) in [7, 11) is 0. The lowest BCUT2D eigenvalue weighted by molar-refractivity contribution is -0.274. The molecule has 158 valence electrons. The number of hydrogen-bond acceptors (Lipinski definition) is 5. The molecule has 0 fully saturated rings. The molecule has 0 saturated carbocycles. The Morgan fingerprint density at radius 2 is 1.83 bits per heavy atom. The van der Waals surface area contributed by atoms with E-state index >= 15 is 0 Å². The van der Waals surface area contributed by atoms with Crippen LogP contribution < -0.4 is 10.2 Å². The number of aromatic nitrogens is 2. The highest BCUT2D eigenvalue weighted by atomic mass is 32.2. The molecule has 0 radical (unpaired) electrons. The van der Waals surface area contributed by atoms with Crippen LogP contribution >= 0.6 is 11.8 Å². The minimum Gasteiger partial charge on any atom is -0.476 e. The van der Waals surface area contributed by atoms with Crippen LogP contribution in [0.2, 0.25) is 0 Å². The van der Waals surface area contributed by atoms with Gasteiger partial charge in [0, 0.05) is 4.90 Å². The van der Waals surface area contributed by atoms with E-state index in [2.05, 4.69) is 9.84 Å². The van der Waals surface area contributed by atoms with Crippen molar-refractivity contribution < 1.29 is 27.8 Å². The number of aryl methyl sites for hydroxylation is 1. The normalized spacial score (nSPS) is 11.6. The molecule has 0 saturated heterocycles. The molecule has 2 aromatic carbocycles. The zero-order valence-corrected chi connectivity index (χ0v) is 16.8. The number of benzene rings is 2. The summed E-state index contributed by atoms with van der Waals surface area (Å²) >= 11 is 1.42. The summed E-state index contributed by atoms with van der Waals surface area (Å²) in [4.78, 5) is 25.2. The fraction of sp³-hybridized carbons (Fsp3) is 0.250. The second-order valence-electron chi connectivity index (χ2n) is 6.17. The monoisotopic (exact) mass is 438 g/mol. The molecule has 1 heterocycles. The summed E-state index contributed by atoms with van der Waals surface area (Å²) < 4.78 is 42.3. The first-order chi connectivity index (χ1) is 14.2. The Hall–Kier alpha value is -3.01. The molecule has 30 heavy (non-hydrogen) atoms. The number of thioether (sulfide) groups is 1. The number of alkyl halides is 3. The molecule has 0 aliphatic rings. The van der Waals surface area contributed by atoms with Gasteiger partial charge in [-0.05, 0) is 48.1 Å². The van der Waals surface area contributed by atoms with Gasteiger partial charge in [0.05, 0.1) is 16.6 Å². The number of halogens is 3. The third kappa shape index (κ3) is 4.28. The summed E-state index contributed by atoms with van der Waals surface area (Å²) in [6.45, 7) is 3.85. The Labute approximate surface area is 173 Å². The standard InChI is InChI=1S/C20H17F3N2O4S/c1-3-11-5-10-14-15(18(11)30-4-2)17(26)16(19(27)28)24-25(14)12-6-8-13(9-7-12)29-20(21,22)23/h5-10H,3-4H2,1-2H3,(H,27,28). The number of hydrogen-bond donors (Lipinski definition) is 1. The number of nitrogens with zero attached hydrogens (tertiary/aromatic N) is 2. The lowest BCUT2D eigenvalue weighted by Gasteiger charge is -2.16. The molecule has 0 aliphatic carbocycles. The predicted molar refractivity (Wildman–Crippen MR) is 107 cm³/mol. The Balaban J connectivity index is 2.29. The molecule has 0 bridgehead atoms. The Morgan fingerprint density at radius 3 is 2.37 bits per heavy atom. The highest BCUT2D eigenvalue weighted by molar-refractivity contribution is 7.99. The lowest BCUT2D eigenvalue weighted by atomic mass is 10.1. The first kappa shape index (κ1) is 21.7. The fourth-order valence-electron chi connectivity index (χ4n) is 3.04. The average molecular weight is 438 g/mol. The van der Waals surface area contributed by atoms with Crippen molar-refractivity contribution >= 4 is 28.6 Å². The lowest BCUT2D eigenvalue weighted by Crippen LogP contribution is -2.23. The van der Waals surface area contributed by atoms with Crippen LogP contribution in [0.15, 0.2) is 46.1 Å². The number of ether oxygens (including phenoxy) is 1. The maximum Gasteiger partial charge on any atom is 0.573 e. The van der Waals surface area contributed by atoms with E-state index in [9.17, 15) is 27.9 Å². The van der Waals surface area contributed by atoms with Crippen molar-refractivity contribution in [2.45, 2.75) is 31.5 Å². The number of carboxylic acids is 1. The van der Waals surface area contributed by atoms with Gasteiger partial charge >= 0.3 is 12.3 Å². The van der Waals surface area contributed by atoms with Crippen LogP contribution in [0, 0.1) is 0 Å². The molecular weight excluding hydrogens is 421 g/mol. The van der Waals surface area contributed by atoms with Crippen molar-refractivity contribution in [1.29, 1.82) is 0 Å². The smallest absolute Gasteiger partial charge is 0.476 e. The van der Waals surface area contributed by atoms with Crippen LogP contribution in [0.5, 0.6) is 5.75 Å². The number of carbonyl (C=O) groups is 1. The molecule has 1 aromatic heterocycles. The molecular formula is C20H17F3N2O4S. The van der Waals surface area contributed by atoms with Crippen LogP contribution in [-0.2, 0) is 6.42 Å². The number of fused-ring (bicyclic) bond motifs is 1. The first-order valence-electron chi connectivity index (χ1n) is 8.97. The highest BCUT2D eigenvalue weighted by Crippen LogP contribution is 2.31. The molecule has 0 unspecified atom stereocenters. The topological polar surface area (TPSA) is 81.4 Å².